The molecule has 0 bridgehead atoms. The van der Waals surface area contributed by atoms with Gasteiger partial charge in [-0.05, 0) is 25.0 Å². The fourth-order valence-electron chi connectivity index (χ4n) is 1.30. The smallest absolute Gasteiger partial charge is 0.452 e. The van der Waals surface area contributed by atoms with Crippen LogP contribution in [0.4, 0.5) is 17.6 Å². The van der Waals surface area contributed by atoms with Gasteiger partial charge in [-0.15, -0.1) is 0 Å². The van der Waals surface area contributed by atoms with E-state index in [1.165, 1.54) is 0 Å². The molecule has 0 aromatic carbocycles. The minimum Gasteiger partial charge on any atom is -0.452 e. The van der Waals surface area contributed by atoms with Crippen LogP contribution in [-0.2, 0) is 9.53 Å². The Morgan fingerprint density at radius 3 is 2.62 bits per heavy atom. The topological polar surface area (TPSA) is 38.3 Å². The second-order valence-electron chi connectivity index (χ2n) is 3.36. The first-order chi connectivity index (χ1) is 7.41. The van der Waals surface area contributed by atoms with Crippen LogP contribution in [0.2, 0.25) is 0 Å². The van der Waals surface area contributed by atoms with Crippen molar-refractivity contribution in [3.05, 3.63) is 11.4 Å². The van der Waals surface area contributed by atoms with Gasteiger partial charge in [-0.2, -0.15) is 13.2 Å². The number of ether oxygens (including phenoxy) is 1. The molecule has 1 saturated heterocycles. The van der Waals surface area contributed by atoms with Crippen LogP contribution in [0.5, 0.6) is 0 Å². The number of hydrogen-bond acceptors (Lipinski definition) is 3. The third-order valence-electron chi connectivity index (χ3n) is 2.12. The van der Waals surface area contributed by atoms with Crippen molar-refractivity contribution in [3.8, 4) is 0 Å². The van der Waals surface area contributed by atoms with Crippen molar-refractivity contribution in [3.63, 3.8) is 0 Å². The van der Waals surface area contributed by atoms with Gasteiger partial charge in [0.15, 0.2) is 0 Å². The van der Waals surface area contributed by atoms with E-state index in [4.69, 9.17) is 0 Å². The van der Waals surface area contributed by atoms with E-state index >= 15 is 0 Å². The van der Waals surface area contributed by atoms with Gasteiger partial charge in [0.1, 0.15) is 12.4 Å². The van der Waals surface area contributed by atoms with Gasteiger partial charge >= 0.3 is 12.1 Å². The maximum absolute atomic E-state index is 13.2. The van der Waals surface area contributed by atoms with E-state index in [9.17, 15) is 22.4 Å². The number of piperidine rings is 1. The summed E-state index contributed by atoms with van der Waals surface area (Å²) in [6.07, 6.45) is -3.88. The summed E-state index contributed by atoms with van der Waals surface area (Å²) in [5.41, 5.74) is 0.362. The van der Waals surface area contributed by atoms with Crippen molar-refractivity contribution in [1.29, 1.82) is 0 Å². The van der Waals surface area contributed by atoms with E-state index in [0.717, 1.165) is 13.0 Å². The maximum Gasteiger partial charge on any atom is 0.490 e. The van der Waals surface area contributed by atoms with Crippen LogP contribution < -0.4 is 5.32 Å². The van der Waals surface area contributed by atoms with Crippen LogP contribution in [0, 0.1) is 0 Å². The highest BCUT2D eigenvalue weighted by atomic mass is 19.4. The predicted octanol–water partition coefficient (Wildman–Crippen LogP) is 1.70. The molecule has 1 N–H and O–H groups in total. The van der Waals surface area contributed by atoms with Crippen molar-refractivity contribution in [1.82, 2.24) is 5.32 Å². The van der Waals surface area contributed by atoms with Crippen LogP contribution in [-0.4, -0.2) is 31.8 Å². The number of esters is 1. The molecule has 92 valence electrons. The third-order valence-corrected chi connectivity index (χ3v) is 2.12. The average Bonchev–Trinajstić information content (AvgIpc) is 2.25. The van der Waals surface area contributed by atoms with Crippen molar-refractivity contribution < 1.29 is 27.1 Å². The summed E-state index contributed by atoms with van der Waals surface area (Å²) in [5.74, 6) is -3.17. The Morgan fingerprint density at radius 1 is 1.44 bits per heavy atom. The highest BCUT2D eigenvalue weighted by Crippen LogP contribution is 2.19. The van der Waals surface area contributed by atoms with Crippen LogP contribution in [0.25, 0.3) is 0 Å². The third kappa shape index (κ3) is 3.80. The molecule has 1 heterocycles. The lowest BCUT2D eigenvalue weighted by atomic mass is 10.1. The zero-order valence-electron chi connectivity index (χ0n) is 8.36. The zero-order valence-corrected chi connectivity index (χ0v) is 8.36. The molecule has 0 aromatic heterocycles. The first kappa shape index (κ1) is 13.0. The number of hydrogen-bond donors (Lipinski definition) is 1. The molecular formula is C9H11F4NO2. The second-order valence-corrected chi connectivity index (χ2v) is 3.36. The zero-order chi connectivity index (χ0) is 12.2. The monoisotopic (exact) mass is 241 g/mol. The molecule has 3 nitrogen and oxygen atoms in total. The lowest BCUT2D eigenvalue weighted by molar-refractivity contribution is -0.199. The predicted molar refractivity (Wildman–Crippen MR) is 47.3 cm³/mol. The summed E-state index contributed by atoms with van der Waals surface area (Å²) in [7, 11) is 0. The Hall–Kier alpha value is -1.11. The molecule has 1 fully saturated rings. The maximum atomic E-state index is 13.2. The van der Waals surface area contributed by atoms with Gasteiger partial charge in [-0.3, -0.25) is 0 Å². The van der Waals surface area contributed by atoms with Crippen molar-refractivity contribution in [2.24, 2.45) is 0 Å². The normalized spacial score (nSPS) is 20.5. The average molecular weight is 241 g/mol. The van der Waals surface area contributed by atoms with E-state index in [2.05, 4.69) is 10.1 Å². The number of carbonyl (C=O) groups is 1. The fraction of sp³-hybridized carbons (Fsp3) is 0.667. The van der Waals surface area contributed by atoms with Crippen molar-refractivity contribution in [2.75, 3.05) is 19.7 Å². The molecule has 7 heteroatoms. The van der Waals surface area contributed by atoms with Crippen LogP contribution in [0.1, 0.15) is 12.8 Å². The molecule has 0 saturated carbocycles. The van der Waals surface area contributed by atoms with E-state index in [1.54, 1.807) is 0 Å². The summed E-state index contributed by atoms with van der Waals surface area (Å²) in [6.45, 7) is 0.0872. The Kier molecular flexibility index (Phi) is 4.28. The number of rotatable bonds is 2. The molecule has 0 unspecified atom stereocenters. The molecule has 0 atom stereocenters. The van der Waals surface area contributed by atoms with Gasteiger partial charge in [0, 0.05) is 6.54 Å². The molecule has 1 aliphatic rings. The minimum absolute atomic E-state index is 0.287. The SMILES string of the molecule is O=C(OC/C(F)=C1/CCCNC1)C(F)(F)F. The second kappa shape index (κ2) is 5.29. The largest absolute Gasteiger partial charge is 0.490 e. The fourth-order valence-corrected chi connectivity index (χ4v) is 1.30. The summed E-state index contributed by atoms with van der Waals surface area (Å²) >= 11 is 0. The summed E-state index contributed by atoms with van der Waals surface area (Å²) in [6, 6.07) is 0. The van der Waals surface area contributed by atoms with Crippen LogP contribution in [0.15, 0.2) is 11.4 Å². The molecule has 1 aliphatic heterocycles. The van der Waals surface area contributed by atoms with Crippen LogP contribution in [0.3, 0.4) is 0 Å². The van der Waals surface area contributed by atoms with E-state index in [-0.39, 0.29) is 6.54 Å². The molecule has 0 aromatic rings. The summed E-state index contributed by atoms with van der Waals surface area (Å²) in [4.78, 5) is 10.3. The van der Waals surface area contributed by atoms with E-state index < -0.39 is 24.6 Å². The Labute approximate surface area is 89.5 Å². The quantitative estimate of drug-likeness (QED) is 0.590. The molecule has 0 spiro atoms. The summed E-state index contributed by atoms with van der Waals surface area (Å²) < 4.78 is 52.2. The standard InChI is InChI=1S/C9H11F4NO2/c10-7(6-2-1-3-14-4-6)5-16-8(15)9(11,12)13/h14H,1-5H2/b7-6+. The number of nitrogens with one attached hydrogen (secondary N) is 1. The lowest BCUT2D eigenvalue weighted by Gasteiger charge is -2.16. The van der Waals surface area contributed by atoms with Gasteiger partial charge < -0.3 is 10.1 Å². The molecule has 16 heavy (non-hydrogen) atoms. The highest BCUT2D eigenvalue weighted by Gasteiger charge is 2.41. The van der Waals surface area contributed by atoms with Gasteiger partial charge in [-0.25, -0.2) is 9.18 Å². The highest BCUT2D eigenvalue weighted by molar-refractivity contribution is 5.75. The summed E-state index contributed by atoms with van der Waals surface area (Å²) in [5, 5.41) is 2.87. The number of carbonyl (C=O) groups excluding carboxylic acids is 1. The minimum atomic E-state index is -5.07. The first-order valence-corrected chi connectivity index (χ1v) is 4.72. The van der Waals surface area contributed by atoms with Gasteiger partial charge in [0.05, 0.1) is 0 Å². The van der Waals surface area contributed by atoms with Gasteiger partial charge in [-0.1, -0.05) is 0 Å². The van der Waals surface area contributed by atoms with Crippen LogP contribution >= 0.6 is 0 Å². The Morgan fingerprint density at radius 2 is 2.12 bits per heavy atom. The molecular weight excluding hydrogens is 230 g/mol. The van der Waals surface area contributed by atoms with Crippen molar-refractivity contribution in [2.45, 2.75) is 19.0 Å². The first-order valence-electron chi connectivity index (χ1n) is 4.72. The lowest BCUT2D eigenvalue weighted by Crippen LogP contribution is -2.27. The van der Waals surface area contributed by atoms with Gasteiger partial charge in [0.2, 0.25) is 0 Å². The molecule has 0 radical (unpaired) electrons. The van der Waals surface area contributed by atoms with E-state index in [0.29, 0.717) is 12.0 Å². The molecule has 0 aliphatic carbocycles. The van der Waals surface area contributed by atoms with E-state index in [1.807, 2.05) is 0 Å². The Balaban J connectivity index is 2.45. The molecule has 1 rings (SSSR count). The number of alkyl halides is 3. The number of halogens is 4. The van der Waals surface area contributed by atoms with Crippen molar-refractivity contribution >= 4 is 5.97 Å². The Bertz CT molecular complexity index is 290. The van der Waals surface area contributed by atoms with Gasteiger partial charge in [0.25, 0.3) is 0 Å². The molecule has 0 amide bonds.